The third-order valence-corrected chi connectivity index (χ3v) is 7.41. The summed E-state index contributed by atoms with van der Waals surface area (Å²) in [6, 6.07) is 16.8. The Kier molecular flexibility index (Phi) is 7.37. The van der Waals surface area contributed by atoms with Gasteiger partial charge in [0.1, 0.15) is 24.5 Å². The number of benzene rings is 2. The number of thioether (sulfide) groups is 1. The van der Waals surface area contributed by atoms with E-state index < -0.39 is 6.09 Å². The molecule has 0 radical (unpaired) electrons. The van der Waals surface area contributed by atoms with Crippen LogP contribution in [0.2, 0.25) is 0 Å². The van der Waals surface area contributed by atoms with Crippen LogP contribution in [0.15, 0.2) is 60.0 Å². The van der Waals surface area contributed by atoms with Crippen LogP contribution in [-0.4, -0.2) is 37.5 Å². The number of nitrogens with zero attached hydrogens (tertiary/aromatic N) is 5. The quantitative estimate of drug-likeness (QED) is 0.273. The third kappa shape index (κ3) is 5.44. The van der Waals surface area contributed by atoms with Crippen molar-refractivity contribution < 1.29 is 9.53 Å². The molecular formula is C28H28N6O2S. The SMILES string of the molecule is CC(C)OC(=O)Nc1ccc(-c2c(C#N)c3ccc(SCCc4ncncn4)cc3n2C2CCC2)cc1. The average molecular weight is 513 g/mol. The molecule has 0 spiro atoms. The van der Waals surface area contributed by atoms with E-state index in [4.69, 9.17) is 4.74 Å². The van der Waals surface area contributed by atoms with Gasteiger partial charge in [-0.1, -0.05) is 18.2 Å². The Hall–Kier alpha value is -3.90. The molecule has 0 atom stereocenters. The van der Waals surface area contributed by atoms with Crippen LogP contribution in [0.1, 0.15) is 50.5 Å². The molecule has 0 bridgehead atoms. The minimum absolute atomic E-state index is 0.192. The first kappa shape index (κ1) is 24.8. The lowest BCUT2D eigenvalue weighted by Gasteiger charge is -2.30. The van der Waals surface area contributed by atoms with Crippen molar-refractivity contribution in [3.63, 3.8) is 0 Å². The van der Waals surface area contributed by atoms with Crippen molar-refractivity contribution in [1.82, 2.24) is 19.5 Å². The monoisotopic (exact) mass is 512 g/mol. The van der Waals surface area contributed by atoms with Gasteiger partial charge < -0.3 is 9.30 Å². The van der Waals surface area contributed by atoms with Gasteiger partial charge in [-0.3, -0.25) is 5.32 Å². The van der Waals surface area contributed by atoms with Crippen LogP contribution in [0.3, 0.4) is 0 Å². The fraction of sp³-hybridized carbons (Fsp3) is 0.321. The number of amides is 1. The number of aryl methyl sites for hydroxylation is 1. The number of aromatic nitrogens is 4. The van der Waals surface area contributed by atoms with Crippen molar-refractivity contribution in [3.8, 4) is 17.3 Å². The van der Waals surface area contributed by atoms with Crippen LogP contribution in [0.4, 0.5) is 10.5 Å². The van der Waals surface area contributed by atoms with Crippen LogP contribution in [-0.2, 0) is 11.2 Å². The van der Waals surface area contributed by atoms with E-state index in [1.165, 1.54) is 19.1 Å². The van der Waals surface area contributed by atoms with E-state index in [1.54, 1.807) is 11.8 Å². The van der Waals surface area contributed by atoms with E-state index in [0.29, 0.717) is 17.3 Å². The molecule has 2 aromatic carbocycles. The summed E-state index contributed by atoms with van der Waals surface area (Å²) in [5.41, 5.74) is 4.31. The Morgan fingerprint density at radius 1 is 1.19 bits per heavy atom. The van der Waals surface area contributed by atoms with Crippen molar-refractivity contribution in [3.05, 3.63) is 66.5 Å². The maximum absolute atomic E-state index is 12.0. The van der Waals surface area contributed by atoms with E-state index in [9.17, 15) is 10.1 Å². The second-order valence-corrected chi connectivity index (χ2v) is 10.4. The summed E-state index contributed by atoms with van der Waals surface area (Å²) >= 11 is 1.76. The molecule has 188 valence electrons. The Bertz CT molecular complexity index is 1440. The molecule has 8 nitrogen and oxygen atoms in total. The highest BCUT2D eigenvalue weighted by molar-refractivity contribution is 7.99. The molecule has 5 rings (SSSR count). The smallest absolute Gasteiger partial charge is 0.411 e. The number of carbonyl (C=O) groups excluding carboxylic acids is 1. The summed E-state index contributed by atoms with van der Waals surface area (Å²) in [6.45, 7) is 3.62. The topological polar surface area (TPSA) is 106 Å². The number of nitrogens with one attached hydrogen (secondary N) is 1. The Morgan fingerprint density at radius 3 is 2.59 bits per heavy atom. The molecule has 4 aromatic rings. The van der Waals surface area contributed by atoms with Crippen LogP contribution >= 0.6 is 11.8 Å². The fourth-order valence-corrected chi connectivity index (χ4v) is 5.41. The van der Waals surface area contributed by atoms with Gasteiger partial charge in [0, 0.05) is 34.2 Å². The summed E-state index contributed by atoms with van der Waals surface area (Å²) in [5.74, 6) is 1.64. The van der Waals surface area contributed by atoms with Gasteiger partial charge in [-0.25, -0.2) is 19.7 Å². The van der Waals surface area contributed by atoms with E-state index in [2.05, 4.69) is 49.1 Å². The maximum atomic E-state index is 12.0. The second-order valence-electron chi connectivity index (χ2n) is 9.28. The first-order valence-electron chi connectivity index (χ1n) is 12.4. The molecular weight excluding hydrogens is 484 g/mol. The highest BCUT2D eigenvalue weighted by Crippen LogP contribution is 2.43. The van der Waals surface area contributed by atoms with Gasteiger partial charge in [0.15, 0.2) is 0 Å². The van der Waals surface area contributed by atoms with Gasteiger partial charge >= 0.3 is 6.09 Å². The first-order chi connectivity index (χ1) is 18.0. The zero-order valence-corrected chi connectivity index (χ0v) is 21.7. The van der Waals surface area contributed by atoms with E-state index in [1.807, 2.05) is 38.1 Å². The Morgan fingerprint density at radius 2 is 1.95 bits per heavy atom. The number of hydrogen-bond acceptors (Lipinski definition) is 7. The van der Waals surface area contributed by atoms with Gasteiger partial charge in [-0.05, 0) is 62.9 Å². The maximum Gasteiger partial charge on any atom is 0.411 e. The number of rotatable bonds is 8. The fourth-order valence-electron chi connectivity index (χ4n) is 4.53. The summed E-state index contributed by atoms with van der Waals surface area (Å²) in [7, 11) is 0. The number of anilines is 1. The van der Waals surface area contributed by atoms with Crippen molar-refractivity contribution in [1.29, 1.82) is 5.26 Å². The summed E-state index contributed by atoms with van der Waals surface area (Å²) in [5, 5.41) is 13.9. The molecule has 0 unspecified atom stereocenters. The number of hydrogen-bond donors (Lipinski definition) is 1. The standard InChI is InChI=1S/C28H28N6O2S/c1-18(2)36-28(35)33-20-8-6-19(7-9-20)27-24(15-29)23-11-10-22(14-25(23)34(27)21-4-3-5-21)37-13-12-26-31-16-30-17-32-26/h6-11,14,16-18,21H,3-5,12-13H2,1-2H3,(H,33,35). The summed E-state index contributed by atoms with van der Waals surface area (Å²) in [6.07, 6.45) is 6.51. The number of nitriles is 1. The molecule has 9 heteroatoms. The minimum Gasteiger partial charge on any atom is -0.447 e. The van der Waals surface area contributed by atoms with Crippen molar-refractivity contribution in [2.24, 2.45) is 0 Å². The molecule has 37 heavy (non-hydrogen) atoms. The van der Waals surface area contributed by atoms with E-state index in [0.717, 1.165) is 57.9 Å². The van der Waals surface area contributed by atoms with Crippen LogP contribution in [0.25, 0.3) is 22.2 Å². The molecule has 1 amide bonds. The van der Waals surface area contributed by atoms with Gasteiger partial charge in [0.25, 0.3) is 0 Å². The van der Waals surface area contributed by atoms with Crippen molar-refractivity contribution in [2.75, 3.05) is 11.1 Å². The summed E-state index contributed by atoms with van der Waals surface area (Å²) in [4.78, 5) is 25.4. The number of ether oxygens (including phenoxy) is 1. The van der Waals surface area contributed by atoms with Crippen LogP contribution < -0.4 is 5.32 Å². The third-order valence-electron chi connectivity index (χ3n) is 6.42. The highest BCUT2D eigenvalue weighted by Gasteiger charge is 2.28. The zero-order valence-electron chi connectivity index (χ0n) is 20.8. The molecule has 2 aromatic heterocycles. The first-order valence-corrected chi connectivity index (χ1v) is 13.4. The Balaban J connectivity index is 1.46. The van der Waals surface area contributed by atoms with Gasteiger partial charge in [0.05, 0.1) is 22.9 Å². The molecule has 1 N–H and O–H groups in total. The molecule has 1 fully saturated rings. The van der Waals surface area contributed by atoms with Crippen LogP contribution in [0, 0.1) is 11.3 Å². The van der Waals surface area contributed by atoms with Crippen molar-refractivity contribution in [2.45, 2.75) is 56.6 Å². The molecule has 1 aliphatic rings. The molecule has 2 heterocycles. The predicted octanol–water partition coefficient (Wildman–Crippen LogP) is 6.38. The van der Waals surface area contributed by atoms with Gasteiger partial charge in [-0.2, -0.15) is 5.26 Å². The Labute approximate surface area is 220 Å². The van der Waals surface area contributed by atoms with E-state index >= 15 is 0 Å². The molecule has 0 saturated heterocycles. The predicted molar refractivity (Wildman–Crippen MR) is 144 cm³/mol. The largest absolute Gasteiger partial charge is 0.447 e. The second kappa shape index (κ2) is 11.0. The molecule has 0 aliphatic heterocycles. The number of carbonyl (C=O) groups is 1. The summed E-state index contributed by atoms with van der Waals surface area (Å²) < 4.78 is 7.52. The van der Waals surface area contributed by atoms with E-state index in [-0.39, 0.29) is 6.10 Å². The minimum atomic E-state index is -0.482. The van der Waals surface area contributed by atoms with Gasteiger partial charge in [-0.15, -0.1) is 11.8 Å². The zero-order chi connectivity index (χ0) is 25.8. The van der Waals surface area contributed by atoms with Gasteiger partial charge in [0.2, 0.25) is 0 Å². The van der Waals surface area contributed by atoms with Crippen molar-refractivity contribution >= 4 is 34.4 Å². The van der Waals surface area contributed by atoms with Crippen LogP contribution in [0.5, 0.6) is 0 Å². The molecule has 1 aliphatic carbocycles. The lowest BCUT2D eigenvalue weighted by atomic mass is 9.92. The average Bonchev–Trinajstić information content (AvgIpc) is 3.17. The normalized spacial score (nSPS) is 13.4. The highest BCUT2D eigenvalue weighted by atomic mass is 32.2. The molecule has 1 saturated carbocycles. The number of fused-ring (bicyclic) bond motifs is 1. The lowest BCUT2D eigenvalue weighted by Crippen LogP contribution is -2.18. The lowest BCUT2D eigenvalue weighted by molar-refractivity contribution is 0.130.